The number of nitrogens with zero attached hydrogens (tertiary/aromatic N) is 1. The number of methoxy groups -OCH3 is 2. The number of hydrogen-bond donors (Lipinski definition) is 2. The zero-order valence-corrected chi connectivity index (χ0v) is 18.3. The van der Waals surface area contributed by atoms with Gasteiger partial charge in [-0.3, -0.25) is 24.1 Å². The van der Waals surface area contributed by atoms with Crippen molar-refractivity contribution in [3.63, 3.8) is 0 Å². The quantitative estimate of drug-likeness (QED) is 0.475. The third-order valence-corrected chi connectivity index (χ3v) is 4.76. The van der Waals surface area contributed by atoms with Gasteiger partial charge in [0.1, 0.15) is 0 Å². The lowest BCUT2D eigenvalue weighted by atomic mass is 10.1. The molecule has 11 nitrogen and oxygen atoms in total. The van der Waals surface area contributed by atoms with Crippen molar-refractivity contribution < 1.29 is 38.2 Å². The summed E-state index contributed by atoms with van der Waals surface area (Å²) in [5.74, 6) is -2.37. The van der Waals surface area contributed by atoms with Crippen molar-refractivity contribution in [2.75, 3.05) is 38.5 Å². The predicted octanol–water partition coefficient (Wildman–Crippen LogP) is 1.68. The van der Waals surface area contributed by atoms with E-state index in [0.717, 1.165) is 4.90 Å². The second-order valence-corrected chi connectivity index (χ2v) is 6.99. The summed E-state index contributed by atoms with van der Waals surface area (Å²) in [6.07, 6.45) is 0. The van der Waals surface area contributed by atoms with E-state index >= 15 is 0 Å². The van der Waals surface area contributed by atoms with Crippen molar-refractivity contribution >= 4 is 41.0 Å². The van der Waals surface area contributed by atoms with Gasteiger partial charge in [-0.1, -0.05) is 0 Å². The molecule has 0 aromatic heterocycles. The highest BCUT2D eigenvalue weighted by Crippen LogP contribution is 2.34. The van der Waals surface area contributed by atoms with Crippen LogP contribution in [0.15, 0.2) is 30.3 Å². The van der Waals surface area contributed by atoms with E-state index in [2.05, 4.69) is 10.6 Å². The van der Waals surface area contributed by atoms with Crippen LogP contribution in [0.5, 0.6) is 11.5 Å². The number of esters is 1. The van der Waals surface area contributed by atoms with E-state index in [9.17, 15) is 24.0 Å². The number of amides is 4. The summed E-state index contributed by atoms with van der Waals surface area (Å²) < 4.78 is 15.4. The number of rotatable bonds is 7. The van der Waals surface area contributed by atoms with Crippen LogP contribution in [-0.4, -0.2) is 62.4 Å². The first-order valence-corrected chi connectivity index (χ1v) is 9.63. The van der Waals surface area contributed by atoms with E-state index < -0.39 is 36.2 Å². The normalized spacial score (nSPS) is 12.2. The van der Waals surface area contributed by atoms with Gasteiger partial charge >= 0.3 is 5.97 Å². The second kappa shape index (κ2) is 9.39. The molecule has 0 aliphatic carbocycles. The Morgan fingerprint density at radius 1 is 0.909 bits per heavy atom. The minimum Gasteiger partial charge on any atom is -0.493 e. The molecular formula is C22H21N3O8. The van der Waals surface area contributed by atoms with Gasteiger partial charge in [0.15, 0.2) is 18.1 Å². The minimum absolute atomic E-state index is 0.0414. The molecule has 172 valence electrons. The topological polar surface area (TPSA) is 140 Å². The Kier molecular flexibility index (Phi) is 6.61. The van der Waals surface area contributed by atoms with Gasteiger partial charge in [0.05, 0.1) is 36.6 Å². The lowest BCUT2D eigenvalue weighted by molar-refractivity contribution is -0.119. The fraction of sp³-hybridized carbons (Fsp3) is 0.227. The standard InChI is InChI=1S/C22H21N3O8/c1-11(26)23-16-9-18(32-4)17(31-3)8-15(16)22(30)33-10-19(27)24-12-5-6-13-14(7-12)21(29)25(2)20(13)28/h5-9H,10H2,1-4H3,(H,23,26)(H,24,27). The third kappa shape index (κ3) is 4.76. The summed E-state index contributed by atoms with van der Waals surface area (Å²) in [7, 11) is 4.15. The summed E-state index contributed by atoms with van der Waals surface area (Å²) in [6, 6.07) is 7.00. The van der Waals surface area contributed by atoms with Crippen molar-refractivity contribution in [2.24, 2.45) is 0 Å². The monoisotopic (exact) mass is 455 g/mol. The van der Waals surface area contributed by atoms with Gasteiger partial charge < -0.3 is 24.8 Å². The van der Waals surface area contributed by atoms with E-state index in [1.54, 1.807) is 0 Å². The van der Waals surface area contributed by atoms with Crippen LogP contribution in [0.4, 0.5) is 11.4 Å². The highest BCUT2D eigenvalue weighted by Gasteiger charge is 2.32. The van der Waals surface area contributed by atoms with Crippen molar-refractivity contribution in [2.45, 2.75) is 6.92 Å². The molecular weight excluding hydrogens is 434 g/mol. The van der Waals surface area contributed by atoms with E-state index in [0.29, 0.717) is 0 Å². The van der Waals surface area contributed by atoms with Crippen molar-refractivity contribution in [3.8, 4) is 11.5 Å². The van der Waals surface area contributed by atoms with Crippen LogP contribution in [0.1, 0.15) is 38.0 Å². The SMILES string of the molecule is COc1cc(NC(C)=O)c(C(=O)OCC(=O)Nc2ccc3c(c2)C(=O)N(C)C3=O)cc1OC. The van der Waals surface area contributed by atoms with E-state index in [4.69, 9.17) is 14.2 Å². The maximum absolute atomic E-state index is 12.6. The number of hydrogen-bond acceptors (Lipinski definition) is 8. The number of nitrogens with one attached hydrogen (secondary N) is 2. The lowest BCUT2D eigenvalue weighted by Crippen LogP contribution is -2.24. The van der Waals surface area contributed by atoms with Gasteiger partial charge in [-0.05, 0) is 18.2 Å². The van der Waals surface area contributed by atoms with Crippen LogP contribution in [0.3, 0.4) is 0 Å². The molecule has 1 aliphatic rings. The molecule has 0 unspecified atom stereocenters. The number of ether oxygens (including phenoxy) is 3. The minimum atomic E-state index is -0.883. The largest absolute Gasteiger partial charge is 0.493 e. The highest BCUT2D eigenvalue weighted by atomic mass is 16.5. The first kappa shape index (κ1) is 23.3. The summed E-state index contributed by atoms with van der Waals surface area (Å²) in [6.45, 7) is 0.627. The third-order valence-electron chi connectivity index (χ3n) is 4.76. The highest BCUT2D eigenvalue weighted by molar-refractivity contribution is 6.21. The van der Waals surface area contributed by atoms with Gasteiger partial charge in [0.25, 0.3) is 17.7 Å². The molecule has 0 saturated carbocycles. The van der Waals surface area contributed by atoms with Gasteiger partial charge in [-0.2, -0.15) is 0 Å². The van der Waals surface area contributed by atoms with Crippen LogP contribution in [0.2, 0.25) is 0 Å². The molecule has 1 heterocycles. The maximum atomic E-state index is 12.6. The second-order valence-electron chi connectivity index (χ2n) is 6.99. The van der Waals surface area contributed by atoms with Crippen LogP contribution in [0.25, 0.3) is 0 Å². The van der Waals surface area contributed by atoms with Crippen LogP contribution in [0, 0.1) is 0 Å². The van der Waals surface area contributed by atoms with Gasteiger partial charge in [-0.15, -0.1) is 0 Å². The molecule has 3 rings (SSSR count). The average molecular weight is 455 g/mol. The maximum Gasteiger partial charge on any atom is 0.340 e. The zero-order chi connectivity index (χ0) is 24.3. The van der Waals surface area contributed by atoms with Crippen molar-refractivity contribution in [1.82, 2.24) is 4.90 Å². The smallest absolute Gasteiger partial charge is 0.340 e. The van der Waals surface area contributed by atoms with Gasteiger partial charge in [0, 0.05) is 31.8 Å². The van der Waals surface area contributed by atoms with E-state index in [-0.39, 0.29) is 39.6 Å². The first-order chi connectivity index (χ1) is 15.7. The molecule has 1 aliphatic heterocycles. The molecule has 0 atom stereocenters. The zero-order valence-electron chi connectivity index (χ0n) is 18.3. The molecule has 0 saturated heterocycles. The fourth-order valence-electron chi connectivity index (χ4n) is 3.19. The number of fused-ring (bicyclic) bond motifs is 1. The van der Waals surface area contributed by atoms with Crippen molar-refractivity contribution in [1.29, 1.82) is 0 Å². The summed E-state index contributed by atoms with van der Waals surface area (Å²) in [4.78, 5) is 61.4. The molecule has 33 heavy (non-hydrogen) atoms. The Bertz CT molecular complexity index is 1170. The summed E-state index contributed by atoms with van der Waals surface area (Å²) >= 11 is 0. The van der Waals surface area contributed by atoms with Gasteiger partial charge in [-0.25, -0.2) is 4.79 Å². The number of benzene rings is 2. The number of imide groups is 1. The summed E-state index contributed by atoms with van der Waals surface area (Å²) in [5, 5.41) is 5.01. The van der Waals surface area contributed by atoms with Crippen LogP contribution >= 0.6 is 0 Å². The van der Waals surface area contributed by atoms with Crippen molar-refractivity contribution in [3.05, 3.63) is 47.0 Å². The molecule has 0 fully saturated rings. The van der Waals surface area contributed by atoms with Crippen LogP contribution in [-0.2, 0) is 14.3 Å². The Morgan fingerprint density at radius 2 is 1.55 bits per heavy atom. The molecule has 0 bridgehead atoms. The Morgan fingerprint density at radius 3 is 2.18 bits per heavy atom. The Hall–Kier alpha value is -4.41. The summed E-state index contributed by atoms with van der Waals surface area (Å²) in [5.41, 5.74) is 0.751. The van der Waals surface area contributed by atoms with E-state index in [1.165, 1.54) is 58.5 Å². The Balaban J connectivity index is 1.71. The van der Waals surface area contributed by atoms with Crippen LogP contribution < -0.4 is 20.1 Å². The predicted molar refractivity (Wildman–Crippen MR) is 116 cm³/mol. The Labute approximate surface area is 188 Å². The van der Waals surface area contributed by atoms with Gasteiger partial charge in [0.2, 0.25) is 5.91 Å². The fourth-order valence-corrected chi connectivity index (χ4v) is 3.19. The molecule has 2 aromatic carbocycles. The molecule has 0 spiro atoms. The average Bonchev–Trinajstić information content (AvgIpc) is 3.00. The van der Waals surface area contributed by atoms with E-state index in [1.807, 2.05) is 0 Å². The molecule has 0 radical (unpaired) electrons. The number of carbonyl (C=O) groups excluding carboxylic acids is 5. The molecule has 2 aromatic rings. The molecule has 2 N–H and O–H groups in total. The molecule has 11 heteroatoms. The number of carbonyl (C=O) groups is 5. The number of anilines is 2. The lowest BCUT2D eigenvalue weighted by Gasteiger charge is -2.14. The first-order valence-electron chi connectivity index (χ1n) is 9.63. The molecule has 4 amide bonds.